The van der Waals surface area contributed by atoms with Crippen molar-refractivity contribution in [2.75, 3.05) is 12.4 Å². The zero-order chi connectivity index (χ0) is 14.5. The molecule has 1 N–H and O–H groups in total. The molecular weight excluding hydrogens is 264 g/mol. The molecule has 0 fully saturated rings. The number of hydrogen-bond donors (Lipinski definition) is 1. The molecule has 104 valence electrons. The number of para-hydroxylation sites is 1. The van der Waals surface area contributed by atoms with E-state index in [0.29, 0.717) is 5.69 Å². The van der Waals surface area contributed by atoms with Crippen molar-refractivity contribution in [3.8, 4) is 0 Å². The molecule has 0 atom stereocenters. The fraction of sp³-hybridized carbons (Fsp3) is 0.167. The van der Waals surface area contributed by atoms with Gasteiger partial charge in [-0.25, -0.2) is 4.68 Å². The number of nitro groups is 1. The highest BCUT2D eigenvalue weighted by Gasteiger charge is 2.19. The molecule has 1 aromatic heterocycles. The second-order valence-electron chi connectivity index (χ2n) is 3.91. The second kappa shape index (κ2) is 5.93. The minimum Gasteiger partial charge on any atom is -0.362 e. The molecule has 0 unspecified atom stereocenters. The summed E-state index contributed by atoms with van der Waals surface area (Å²) in [6, 6.07) is 5.75. The van der Waals surface area contributed by atoms with E-state index in [1.54, 1.807) is 12.3 Å². The van der Waals surface area contributed by atoms with E-state index in [-0.39, 0.29) is 18.0 Å². The Kier molecular flexibility index (Phi) is 4.06. The van der Waals surface area contributed by atoms with Crippen LogP contribution in [-0.2, 0) is 11.5 Å². The monoisotopic (exact) mass is 276 g/mol. The van der Waals surface area contributed by atoms with E-state index >= 15 is 0 Å². The Hall–Kier alpha value is -2.74. The van der Waals surface area contributed by atoms with Gasteiger partial charge in [0.2, 0.25) is 0 Å². The van der Waals surface area contributed by atoms with E-state index < -0.39 is 10.8 Å². The van der Waals surface area contributed by atoms with E-state index in [1.165, 1.54) is 36.2 Å². The molecule has 0 aliphatic carbocycles. The van der Waals surface area contributed by atoms with E-state index in [2.05, 4.69) is 10.4 Å². The highest BCUT2D eigenvalue weighted by Crippen LogP contribution is 2.19. The van der Waals surface area contributed by atoms with Crippen LogP contribution in [0.4, 0.5) is 11.4 Å². The highest BCUT2D eigenvalue weighted by atomic mass is 16.6. The Morgan fingerprint density at radius 1 is 1.50 bits per heavy atom. The first kappa shape index (κ1) is 13.7. The Morgan fingerprint density at radius 2 is 2.25 bits per heavy atom. The van der Waals surface area contributed by atoms with Crippen molar-refractivity contribution in [3.63, 3.8) is 0 Å². The van der Waals surface area contributed by atoms with Gasteiger partial charge in [-0.3, -0.25) is 14.9 Å². The zero-order valence-electron chi connectivity index (χ0n) is 10.6. The lowest BCUT2D eigenvalue weighted by atomic mass is 10.1. The summed E-state index contributed by atoms with van der Waals surface area (Å²) < 4.78 is 6.36. The predicted molar refractivity (Wildman–Crippen MR) is 70.3 cm³/mol. The second-order valence-corrected chi connectivity index (χ2v) is 3.91. The van der Waals surface area contributed by atoms with Gasteiger partial charge in [0.1, 0.15) is 12.3 Å². The molecule has 0 saturated carbocycles. The fourth-order valence-electron chi connectivity index (χ4n) is 1.65. The summed E-state index contributed by atoms with van der Waals surface area (Å²) in [5.74, 6) is -0.561. The quantitative estimate of drug-likeness (QED) is 0.661. The molecule has 1 aromatic carbocycles. The van der Waals surface area contributed by atoms with Crippen LogP contribution >= 0.6 is 0 Å². The third-order valence-electron chi connectivity index (χ3n) is 2.50. The van der Waals surface area contributed by atoms with Crippen LogP contribution in [0.25, 0.3) is 0 Å². The fourth-order valence-corrected chi connectivity index (χ4v) is 1.65. The lowest BCUT2D eigenvalue weighted by molar-refractivity contribution is -0.385. The maximum Gasteiger partial charge on any atom is 0.282 e. The molecule has 0 bridgehead atoms. The van der Waals surface area contributed by atoms with Gasteiger partial charge in [-0.05, 0) is 6.07 Å². The third-order valence-corrected chi connectivity index (χ3v) is 2.50. The molecule has 2 rings (SSSR count). The van der Waals surface area contributed by atoms with Crippen LogP contribution in [-0.4, -0.2) is 27.7 Å². The summed E-state index contributed by atoms with van der Waals surface area (Å²) >= 11 is 0. The number of nitro benzene ring substituents is 1. The van der Waals surface area contributed by atoms with E-state index in [0.717, 1.165) is 0 Å². The predicted octanol–water partition coefficient (Wildman–Crippen LogP) is 1.65. The van der Waals surface area contributed by atoms with Crippen LogP contribution in [0.2, 0.25) is 0 Å². The highest BCUT2D eigenvalue weighted by molar-refractivity contribution is 6.06. The van der Waals surface area contributed by atoms with Gasteiger partial charge in [0.15, 0.2) is 0 Å². The summed E-state index contributed by atoms with van der Waals surface area (Å²) in [5.41, 5.74) is 0.191. The van der Waals surface area contributed by atoms with Crippen molar-refractivity contribution in [1.82, 2.24) is 9.78 Å². The van der Waals surface area contributed by atoms with Gasteiger partial charge in [-0.1, -0.05) is 12.1 Å². The maximum absolute atomic E-state index is 12.0. The molecule has 0 radical (unpaired) electrons. The molecular formula is C12H12N4O4. The number of nitrogens with zero attached hydrogens (tertiary/aromatic N) is 3. The number of carbonyl (C=O) groups excluding carboxylic acids is 1. The van der Waals surface area contributed by atoms with E-state index in [4.69, 9.17) is 4.74 Å². The Morgan fingerprint density at radius 3 is 2.95 bits per heavy atom. The molecule has 1 heterocycles. The number of nitrogens with one attached hydrogen (secondary N) is 1. The molecule has 20 heavy (non-hydrogen) atoms. The SMILES string of the molecule is COCn1cc(NC(=O)c2ccccc2[N+](=O)[O-])cn1. The largest absolute Gasteiger partial charge is 0.362 e. The zero-order valence-corrected chi connectivity index (χ0v) is 10.6. The first-order valence-corrected chi connectivity index (χ1v) is 5.68. The average molecular weight is 276 g/mol. The normalized spacial score (nSPS) is 10.2. The van der Waals surface area contributed by atoms with Crippen LogP contribution in [0.15, 0.2) is 36.7 Å². The molecule has 8 nitrogen and oxygen atoms in total. The molecule has 0 saturated heterocycles. The Labute approximate surface area is 114 Å². The summed E-state index contributed by atoms with van der Waals surface area (Å²) in [5, 5.41) is 17.4. The summed E-state index contributed by atoms with van der Waals surface area (Å²) in [6.07, 6.45) is 3.00. The number of methoxy groups -OCH3 is 1. The molecule has 0 aliphatic heterocycles. The number of aromatic nitrogens is 2. The van der Waals surface area contributed by atoms with Gasteiger partial charge >= 0.3 is 0 Å². The van der Waals surface area contributed by atoms with Crippen molar-refractivity contribution >= 4 is 17.3 Å². The average Bonchev–Trinajstić information content (AvgIpc) is 2.86. The number of amides is 1. The third kappa shape index (κ3) is 2.98. The van der Waals surface area contributed by atoms with Crippen LogP contribution in [0, 0.1) is 10.1 Å². The minimum absolute atomic E-state index is 0.00279. The van der Waals surface area contributed by atoms with Gasteiger partial charge in [-0.15, -0.1) is 0 Å². The molecule has 1 amide bonds. The van der Waals surface area contributed by atoms with Crippen molar-refractivity contribution in [1.29, 1.82) is 0 Å². The van der Waals surface area contributed by atoms with Crippen LogP contribution < -0.4 is 5.32 Å². The van der Waals surface area contributed by atoms with Gasteiger partial charge < -0.3 is 10.1 Å². The number of anilines is 1. The van der Waals surface area contributed by atoms with Crippen LogP contribution in [0.5, 0.6) is 0 Å². The summed E-state index contributed by atoms with van der Waals surface area (Å²) in [7, 11) is 1.52. The number of carbonyl (C=O) groups is 1. The lowest BCUT2D eigenvalue weighted by Crippen LogP contribution is -2.13. The van der Waals surface area contributed by atoms with Crippen molar-refractivity contribution < 1.29 is 14.5 Å². The number of benzene rings is 1. The number of rotatable bonds is 5. The summed E-state index contributed by atoms with van der Waals surface area (Å²) in [6.45, 7) is 0.251. The molecule has 0 spiro atoms. The van der Waals surface area contributed by atoms with Gasteiger partial charge in [0.25, 0.3) is 11.6 Å². The van der Waals surface area contributed by atoms with Crippen molar-refractivity contribution in [2.45, 2.75) is 6.73 Å². The number of ether oxygens (including phenoxy) is 1. The Balaban J connectivity index is 2.17. The van der Waals surface area contributed by atoms with Crippen molar-refractivity contribution in [2.24, 2.45) is 0 Å². The lowest BCUT2D eigenvalue weighted by Gasteiger charge is -2.03. The van der Waals surface area contributed by atoms with E-state index in [1.807, 2.05) is 0 Å². The molecule has 0 aliphatic rings. The first-order valence-electron chi connectivity index (χ1n) is 5.68. The number of hydrogen-bond acceptors (Lipinski definition) is 5. The smallest absolute Gasteiger partial charge is 0.282 e. The van der Waals surface area contributed by atoms with E-state index in [9.17, 15) is 14.9 Å². The first-order chi connectivity index (χ1) is 9.61. The minimum atomic E-state index is -0.594. The van der Waals surface area contributed by atoms with Gasteiger partial charge in [0.05, 0.1) is 23.0 Å². The van der Waals surface area contributed by atoms with Gasteiger partial charge in [0, 0.05) is 13.2 Å². The standard InChI is InChI=1S/C12H12N4O4/c1-20-8-15-7-9(6-13-15)14-12(17)10-4-2-3-5-11(10)16(18)19/h2-7H,8H2,1H3,(H,14,17). The van der Waals surface area contributed by atoms with Gasteiger partial charge in [-0.2, -0.15) is 5.10 Å². The molecule has 8 heteroatoms. The van der Waals surface area contributed by atoms with Crippen LogP contribution in [0.1, 0.15) is 10.4 Å². The maximum atomic E-state index is 12.0. The van der Waals surface area contributed by atoms with Crippen molar-refractivity contribution in [3.05, 3.63) is 52.3 Å². The Bertz CT molecular complexity index is 638. The topological polar surface area (TPSA) is 99.3 Å². The summed E-state index contributed by atoms with van der Waals surface area (Å²) in [4.78, 5) is 22.3. The van der Waals surface area contributed by atoms with Crippen LogP contribution in [0.3, 0.4) is 0 Å². The molecule has 2 aromatic rings.